The van der Waals surface area contributed by atoms with Gasteiger partial charge in [-0.15, -0.1) is 0 Å². The third-order valence-corrected chi connectivity index (χ3v) is 3.17. The molecule has 1 aromatic carbocycles. The molecule has 1 aromatic rings. The van der Waals surface area contributed by atoms with Gasteiger partial charge in [-0.1, -0.05) is 24.9 Å². The Morgan fingerprint density at radius 1 is 1.45 bits per heavy atom. The predicted octanol–water partition coefficient (Wildman–Crippen LogP) is 2.44. The lowest BCUT2D eigenvalue weighted by Gasteiger charge is -2.15. The third-order valence-electron chi connectivity index (χ3n) is 2.94. The number of nitrogens with one attached hydrogen (secondary N) is 1. The molecule has 1 rings (SSSR count). The van der Waals surface area contributed by atoms with Crippen LogP contribution in [0.1, 0.15) is 30.1 Å². The van der Waals surface area contributed by atoms with Gasteiger partial charge in [0.15, 0.2) is 0 Å². The molecule has 0 aliphatic rings. The predicted molar refractivity (Wildman–Crippen MR) is 78.9 cm³/mol. The van der Waals surface area contributed by atoms with Crippen LogP contribution in [0.25, 0.3) is 0 Å². The first kappa shape index (κ1) is 16.5. The zero-order valence-corrected chi connectivity index (χ0v) is 12.4. The molecule has 0 saturated carbocycles. The first-order valence-corrected chi connectivity index (χ1v) is 6.80. The molecule has 20 heavy (non-hydrogen) atoms. The fourth-order valence-electron chi connectivity index (χ4n) is 1.85. The maximum absolute atomic E-state index is 12.1. The van der Waals surface area contributed by atoms with E-state index in [-0.39, 0.29) is 23.9 Å². The highest BCUT2D eigenvalue weighted by atomic mass is 35.5. The van der Waals surface area contributed by atoms with Gasteiger partial charge in [0.05, 0.1) is 24.3 Å². The molecule has 0 spiro atoms. The van der Waals surface area contributed by atoms with Crippen molar-refractivity contribution in [3.8, 4) is 0 Å². The number of benzene rings is 1. The van der Waals surface area contributed by atoms with Crippen molar-refractivity contribution in [1.82, 2.24) is 0 Å². The maximum Gasteiger partial charge on any atom is 0.339 e. The number of rotatable bonds is 6. The molecule has 0 radical (unpaired) electrons. The van der Waals surface area contributed by atoms with Gasteiger partial charge in [0.25, 0.3) is 0 Å². The molecule has 0 saturated heterocycles. The topological polar surface area (TPSA) is 81.4 Å². The molecule has 3 N–H and O–H groups in total. The molecule has 0 bridgehead atoms. The summed E-state index contributed by atoms with van der Waals surface area (Å²) in [5.41, 5.74) is 6.19. The molecule has 0 aromatic heterocycles. The first-order valence-electron chi connectivity index (χ1n) is 6.42. The summed E-state index contributed by atoms with van der Waals surface area (Å²) in [5, 5.41) is 3.12. The zero-order valence-electron chi connectivity index (χ0n) is 11.6. The second-order valence-electron chi connectivity index (χ2n) is 4.39. The van der Waals surface area contributed by atoms with Crippen LogP contribution < -0.4 is 11.1 Å². The van der Waals surface area contributed by atoms with Crippen molar-refractivity contribution in [2.24, 2.45) is 11.7 Å². The van der Waals surface area contributed by atoms with Gasteiger partial charge in [-0.25, -0.2) is 4.79 Å². The highest BCUT2D eigenvalue weighted by Gasteiger charge is 2.19. The second kappa shape index (κ2) is 7.87. The van der Waals surface area contributed by atoms with E-state index in [1.807, 2.05) is 6.92 Å². The van der Waals surface area contributed by atoms with Gasteiger partial charge < -0.3 is 15.8 Å². The summed E-state index contributed by atoms with van der Waals surface area (Å²) in [6.45, 7) is 2.24. The van der Waals surface area contributed by atoms with Crippen molar-refractivity contribution < 1.29 is 14.3 Å². The number of anilines is 1. The molecule has 5 nitrogen and oxygen atoms in total. The minimum atomic E-state index is -0.531. The van der Waals surface area contributed by atoms with E-state index in [1.165, 1.54) is 19.2 Å². The van der Waals surface area contributed by atoms with Crippen LogP contribution >= 0.6 is 11.6 Å². The van der Waals surface area contributed by atoms with Crippen LogP contribution in [0.2, 0.25) is 5.02 Å². The Balaban J connectivity index is 2.98. The number of hydrogen-bond acceptors (Lipinski definition) is 4. The summed E-state index contributed by atoms with van der Waals surface area (Å²) in [5.74, 6) is -1.04. The lowest BCUT2D eigenvalue weighted by Crippen LogP contribution is -2.29. The number of hydrogen-bond donors (Lipinski definition) is 2. The molecular weight excluding hydrogens is 280 g/mol. The van der Waals surface area contributed by atoms with Gasteiger partial charge in [-0.3, -0.25) is 4.79 Å². The molecule has 0 fully saturated rings. The quantitative estimate of drug-likeness (QED) is 0.790. The number of methoxy groups -OCH3 is 1. The average molecular weight is 299 g/mol. The summed E-state index contributed by atoms with van der Waals surface area (Å²) in [6, 6.07) is 4.60. The normalized spacial score (nSPS) is 11.8. The molecule has 1 unspecified atom stereocenters. The average Bonchev–Trinajstić information content (AvgIpc) is 2.44. The molecule has 0 heterocycles. The zero-order chi connectivity index (χ0) is 15.1. The van der Waals surface area contributed by atoms with Gasteiger partial charge in [-0.2, -0.15) is 0 Å². The van der Waals surface area contributed by atoms with Gasteiger partial charge in [-0.05, 0) is 24.6 Å². The molecule has 110 valence electrons. The highest BCUT2D eigenvalue weighted by Crippen LogP contribution is 2.23. The molecule has 0 aliphatic carbocycles. The standard InChI is InChI=1S/C14H19ClN2O3/c1-3-4-9(8-16)13(18)17-12-7-10(15)5-6-11(12)14(19)20-2/h5-7,9H,3-4,8,16H2,1-2H3,(H,17,18). The molecule has 6 heteroatoms. The summed E-state index contributed by atoms with van der Waals surface area (Å²) in [7, 11) is 1.28. The Morgan fingerprint density at radius 2 is 2.15 bits per heavy atom. The van der Waals surface area contributed by atoms with E-state index in [0.717, 1.165) is 6.42 Å². The number of carbonyl (C=O) groups excluding carboxylic acids is 2. The number of nitrogens with two attached hydrogens (primary N) is 1. The van der Waals surface area contributed by atoms with Crippen LogP contribution in [0.3, 0.4) is 0 Å². The summed E-state index contributed by atoms with van der Waals surface area (Å²) in [6.07, 6.45) is 1.55. The Kier molecular flexibility index (Phi) is 6.48. The highest BCUT2D eigenvalue weighted by molar-refractivity contribution is 6.31. The largest absolute Gasteiger partial charge is 0.465 e. The van der Waals surface area contributed by atoms with Crippen molar-refractivity contribution in [2.45, 2.75) is 19.8 Å². The van der Waals surface area contributed by atoms with E-state index in [9.17, 15) is 9.59 Å². The lowest BCUT2D eigenvalue weighted by molar-refractivity contribution is -0.119. The SMILES string of the molecule is CCCC(CN)C(=O)Nc1cc(Cl)ccc1C(=O)OC. The minimum absolute atomic E-state index is 0.221. The maximum atomic E-state index is 12.1. The molecular formula is C14H19ClN2O3. The molecule has 1 atom stereocenters. The van der Waals surface area contributed by atoms with Crippen LogP contribution in [-0.4, -0.2) is 25.5 Å². The van der Waals surface area contributed by atoms with E-state index < -0.39 is 5.97 Å². The van der Waals surface area contributed by atoms with Crippen molar-refractivity contribution in [3.63, 3.8) is 0 Å². The minimum Gasteiger partial charge on any atom is -0.465 e. The van der Waals surface area contributed by atoms with Crippen LogP contribution in [0.5, 0.6) is 0 Å². The number of amides is 1. The number of esters is 1. The van der Waals surface area contributed by atoms with Crippen LogP contribution in [0.4, 0.5) is 5.69 Å². The van der Waals surface area contributed by atoms with Crippen molar-refractivity contribution in [2.75, 3.05) is 19.0 Å². The Bertz CT molecular complexity index is 491. The third kappa shape index (κ3) is 4.21. The van der Waals surface area contributed by atoms with Crippen molar-refractivity contribution in [1.29, 1.82) is 0 Å². The summed E-state index contributed by atoms with van der Waals surface area (Å²) < 4.78 is 4.67. The van der Waals surface area contributed by atoms with E-state index in [1.54, 1.807) is 6.07 Å². The Labute approximate surface area is 123 Å². The van der Waals surface area contributed by atoms with Gasteiger partial charge in [0.1, 0.15) is 0 Å². The van der Waals surface area contributed by atoms with Gasteiger partial charge in [0, 0.05) is 11.6 Å². The Morgan fingerprint density at radius 3 is 2.70 bits per heavy atom. The monoisotopic (exact) mass is 298 g/mol. The fraction of sp³-hybridized carbons (Fsp3) is 0.429. The van der Waals surface area contributed by atoms with E-state index in [4.69, 9.17) is 17.3 Å². The van der Waals surface area contributed by atoms with E-state index in [0.29, 0.717) is 17.1 Å². The Hall–Kier alpha value is -1.59. The summed E-state index contributed by atoms with van der Waals surface area (Å²) in [4.78, 5) is 23.8. The van der Waals surface area contributed by atoms with Crippen molar-refractivity contribution >= 4 is 29.2 Å². The molecule has 0 aliphatic heterocycles. The van der Waals surface area contributed by atoms with E-state index in [2.05, 4.69) is 10.1 Å². The molecule has 1 amide bonds. The number of halogens is 1. The second-order valence-corrected chi connectivity index (χ2v) is 4.83. The van der Waals surface area contributed by atoms with Crippen molar-refractivity contribution in [3.05, 3.63) is 28.8 Å². The van der Waals surface area contributed by atoms with Gasteiger partial charge in [0.2, 0.25) is 5.91 Å². The first-order chi connectivity index (χ1) is 9.53. The van der Waals surface area contributed by atoms with Crippen LogP contribution in [-0.2, 0) is 9.53 Å². The van der Waals surface area contributed by atoms with Gasteiger partial charge >= 0.3 is 5.97 Å². The fourth-order valence-corrected chi connectivity index (χ4v) is 2.02. The smallest absolute Gasteiger partial charge is 0.339 e. The number of ether oxygens (including phenoxy) is 1. The summed E-state index contributed by atoms with van der Waals surface area (Å²) >= 11 is 5.89. The van der Waals surface area contributed by atoms with Crippen LogP contribution in [0.15, 0.2) is 18.2 Å². The van der Waals surface area contributed by atoms with E-state index >= 15 is 0 Å². The van der Waals surface area contributed by atoms with Crippen LogP contribution in [0, 0.1) is 5.92 Å². The lowest BCUT2D eigenvalue weighted by atomic mass is 10.0. The number of carbonyl (C=O) groups is 2.